The van der Waals surface area contributed by atoms with Gasteiger partial charge in [-0.2, -0.15) is 5.10 Å². The van der Waals surface area contributed by atoms with Gasteiger partial charge in [-0.1, -0.05) is 17.7 Å². The summed E-state index contributed by atoms with van der Waals surface area (Å²) in [6.07, 6.45) is 3.20. The summed E-state index contributed by atoms with van der Waals surface area (Å²) in [6, 6.07) is 5.31. The normalized spacial score (nSPS) is 11.6. The summed E-state index contributed by atoms with van der Waals surface area (Å²) in [5, 5.41) is 3.99. The number of hydrogen-bond donors (Lipinski definition) is 0. The summed E-state index contributed by atoms with van der Waals surface area (Å²) in [5.41, 5.74) is 2.33. The maximum Gasteiger partial charge on any atom is 0.264 e. The van der Waals surface area contributed by atoms with Gasteiger partial charge in [0.15, 0.2) is 0 Å². The molecule has 2 rings (SSSR count). The van der Waals surface area contributed by atoms with Gasteiger partial charge >= 0.3 is 0 Å². The zero-order valence-corrected chi connectivity index (χ0v) is 12.3. The number of aryl methyl sites for hydroxylation is 3. The summed E-state index contributed by atoms with van der Waals surface area (Å²) in [5.74, 6) is 0. The van der Waals surface area contributed by atoms with Crippen molar-refractivity contribution in [1.82, 2.24) is 9.78 Å². The zero-order chi connectivity index (χ0) is 14.2. The highest BCUT2D eigenvalue weighted by atomic mass is 32.2. The van der Waals surface area contributed by atoms with Crippen LogP contribution in [-0.4, -0.2) is 25.2 Å². The van der Waals surface area contributed by atoms with Gasteiger partial charge in [0.1, 0.15) is 0 Å². The molecule has 5 nitrogen and oxygen atoms in total. The molecule has 0 spiro atoms. The first-order valence-corrected chi connectivity index (χ1v) is 7.31. The average molecular weight is 279 g/mol. The van der Waals surface area contributed by atoms with Crippen molar-refractivity contribution < 1.29 is 8.42 Å². The molecular formula is C13H17N3O2S. The van der Waals surface area contributed by atoms with E-state index in [9.17, 15) is 8.42 Å². The molecule has 6 heteroatoms. The number of nitrogens with zero attached hydrogens (tertiary/aromatic N) is 3. The number of rotatable bonds is 3. The Morgan fingerprint density at radius 1 is 1.26 bits per heavy atom. The van der Waals surface area contributed by atoms with Crippen molar-refractivity contribution >= 4 is 15.7 Å². The van der Waals surface area contributed by atoms with Gasteiger partial charge in [-0.15, -0.1) is 0 Å². The van der Waals surface area contributed by atoms with Crippen molar-refractivity contribution in [2.45, 2.75) is 18.7 Å². The fourth-order valence-electron chi connectivity index (χ4n) is 1.95. The number of sulfonamides is 1. The van der Waals surface area contributed by atoms with Crippen LogP contribution >= 0.6 is 0 Å². The zero-order valence-electron chi connectivity index (χ0n) is 11.5. The number of aromatic nitrogens is 2. The second kappa shape index (κ2) is 4.70. The molecule has 0 bridgehead atoms. The first kappa shape index (κ1) is 13.6. The number of anilines is 1. The molecule has 0 saturated carbocycles. The monoisotopic (exact) mass is 279 g/mol. The highest BCUT2D eigenvalue weighted by Gasteiger charge is 2.23. The second-order valence-electron chi connectivity index (χ2n) is 4.61. The van der Waals surface area contributed by atoms with Gasteiger partial charge in [-0.05, 0) is 25.5 Å². The van der Waals surface area contributed by atoms with Crippen LogP contribution in [0.3, 0.4) is 0 Å². The van der Waals surface area contributed by atoms with Crippen molar-refractivity contribution in [3.05, 3.63) is 41.7 Å². The van der Waals surface area contributed by atoms with Crippen LogP contribution < -0.4 is 4.31 Å². The van der Waals surface area contributed by atoms with Crippen LogP contribution in [0.2, 0.25) is 0 Å². The third-order valence-corrected chi connectivity index (χ3v) is 4.97. The van der Waals surface area contributed by atoms with Crippen LogP contribution in [0.4, 0.5) is 5.69 Å². The van der Waals surface area contributed by atoms with Gasteiger partial charge in [-0.3, -0.25) is 8.99 Å². The van der Waals surface area contributed by atoms with E-state index in [1.807, 2.05) is 13.0 Å². The predicted molar refractivity (Wildman–Crippen MR) is 74.7 cm³/mol. The highest BCUT2D eigenvalue weighted by molar-refractivity contribution is 7.92. The summed E-state index contributed by atoms with van der Waals surface area (Å²) in [4.78, 5) is 0.324. The topological polar surface area (TPSA) is 55.2 Å². The van der Waals surface area contributed by atoms with Gasteiger partial charge in [-0.25, -0.2) is 8.42 Å². The van der Waals surface area contributed by atoms with Crippen LogP contribution in [0.1, 0.15) is 11.1 Å². The molecule has 0 saturated heterocycles. The first-order chi connectivity index (χ1) is 8.82. The Morgan fingerprint density at radius 3 is 2.47 bits per heavy atom. The molecule has 0 aliphatic carbocycles. The molecule has 1 aromatic heterocycles. The van der Waals surface area contributed by atoms with E-state index >= 15 is 0 Å². The van der Waals surface area contributed by atoms with Crippen molar-refractivity contribution in [2.75, 3.05) is 11.4 Å². The Labute approximate surface area is 113 Å². The first-order valence-electron chi connectivity index (χ1n) is 5.87. The molecule has 2 aromatic rings. The fourth-order valence-corrected chi connectivity index (χ4v) is 3.32. The summed E-state index contributed by atoms with van der Waals surface area (Å²) in [7, 11) is -0.262. The molecule has 1 heterocycles. The highest BCUT2D eigenvalue weighted by Crippen LogP contribution is 2.24. The van der Waals surface area contributed by atoms with Crippen molar-refractivity contribution in [1.29, 1.82) is 0 Å². The Kier molecular flexibility index (Phi) is 3.36. The van der Waals surface area contributed by atoms with Crippen LogP contribution in [0.5, 0.6) is 0 Å². The quantitative estimate of drug-likeness (QED) is 0.861. The molecule has 0 unspecified atom stereocenters. The van der Waals surface area contributed by atoms with E-state index in [1.54, 1.807) is 37.0 Å². The van der Waals surface area contributed by atoms with E-state index in [4.69, 9.17) is 0 Å². The Hall–Kier alpha value is -1.82. The number of hydrogen-bond acceptors (Lipinski definition) is 3. The molecule has 1 aromatic carbocycles. The summed E-state index contributed by atoms with van der Waals surface area (Å²) < 4.78 is 27.9. The second-order valence-corrected chi connectivity index (χ2v) is 6.55. The minimum atomic E-state index is -3.55. The van der Waals surface area contributed by atoms with Gasteiger partial charge in [0.05, 0.1) is 16.8 Å². The largest absolute Gasteiger partial charge is 0.274 e. The van der Waals surface area contributed by atoms with E-state index in [1.165, 1.54) is 17.5 Å². The van der Waals surface area contributed by atoms with E-state index in [-0.39, 0.29) is 0 Å². The molecule has 0 aliphatic rings. The minimum Gasteiger partial charge on any atom is -0.274 e. The maximum atomic E-state index is 12.6. The molecule has 0 radical (unpaired) electrons. The molecular weight excluding hydrogens is 262 g/mol. The molecule has 0 atom stereocenters. The minimum absolute atomic E-state index is 0.324. The predicted octanol–water partition coefficient (Wildman–Crippen LogP) is 1.86. The summed E-state index contributed by atoms with van der Waals surface area (Å²) in [6.45, 7) is 3.74. The van der Waals surface area contributed by atoms with Crippen molar-refractivity contribution in [3.63, 3.8) is 0 Å². The van der Waals surface area contributed by atoms with Crippen LogP contribution in [-0.2, 0) is 17.1 Å². The SMILES string of the molecule is Cc1ccc(S(=O)(=O)N(C)c2cnn(C)c2)c(C)c1. The average Bonchev–Trinajstić information content (AvgIpc) is 2.74. The van der Waals surface area contributed by atoms with E-state index in [0.717, 1.165) is 11.1 Å². The lowest BCUT2D eigenvalue weighted by atomic mass is 10.2. The molecule has 0 N–H and O–H groups in total. The Morgan fingerprint density at radius 2 is 1.95 bits per heavy atom. The van der Waals surface area contributed by atoms with Gasteiger partial charge in [0.2, 0.25) is 0 Å². The van der Waals surface area contributed by atoms with Crippen LogP contribution in [0, 0.1) is 13.8 Å². The number of benzene rings is 1. The lowest BCUT2D eigenvalue weighted by molar-refractivity contribution is 0.593. The lowest BCUT2D eigenvalue weighted by Crippen LogP contribution is -2.26. The third-order valence-electron chi connectivity index (χ3n) is 3.02. The van der Waals surface area contributed by atoms with Crippen LogP contribution in [0.25, 0.3) is 0 Å². The fraction of sp³-hybridized carbons (Fsp3) is 0.308. The molecule has 102 valence electrons. The Bertz CT molecular complexity index is 704. The standard InChI is InChI=1S/C13H17N3O2S/c1-10-5-6-13(11(2)7-10)19(17,18)16(4)12-8-14-15(3)9-12/h5-9H,1-4H3. The third kappa shape index (κ3) is 2.49. The maximum absolute atomic E-state index is 12.6. The smallest absolute Gasteiger partial charge is 0.264 e. The molecule has 19 heavy (non-hydrogen) atoms. The van der Waals surface area contributed by atoms with Gasteiger partial charge in [0, 0.05) is 20.3 Å². The summed E-state index contributed by atoms with van der Waals surface area (Å²) >= 11 is 0. The van der Waals surface area contributed by atoms with E-state index in [0.29, 0.717) is 10.6 Å². The van der Waals surface area contributed by atoms with Crippen molar-refractivity contribution in [2.24, 2.45) is 7.05 Å². The van der Waals surface area contributed by atoms with Crippen molar-refractivity contribution in [3.8, 4) is 0 Å². The van der Waals surface area contributed by atoms with Crippen LogP contribution in [0.15, 0.2) is 35.5 Å². The Balaban J connectivity index is 2.47. The molecule has 0 fully saturated rings. The van der Waals surface area contributed by atoms with E-state index in [2.05, 4.69) is 5.10 Å². The van der Waals surface area contributed by atoms with Gasteiger partial charge < -0.3 is 0 Å². The van der Waals surface area contributed by atoms with E-state index < -0.39 is 10.0 Å². The molecule has 0 aliphatic heterocycles. The lowest BCUT2D eigenvalue weighted by Gasteiger charge is -2.19. The molecule has 0 amide bonds. The van der Waals surface area contributed by atoms with Gasteiger partial charge in [0.25, 0.3) is 10.0 Å².